The molecule has 0 unspecified atom stereocenters. The van der Waals surface area contributed by atoms with Gasteiger partial charge >= 0.3 is 0 Å². The highest BCUT2D eigenvalue weighted by molar-refractivity contribution is 7.98. The molecule has 0 radical (unpaired) electrons. The maximum atomic E-state index is 12.5. The van der Waals surface area contributed by atoms with Crippen molar-refractivity contribution in [3.8, 4) is 0 Å². The van der Waals surface area contributed by atoms with Gasteiger partial charge in [-0.15, -0.1) is 22.7 Å². The van der Waals surface area contributed by atoms with E-state index < -0.39 is 0 Å². The van der Waals surface area contributed by atoms with Crippen molar-refractivity contribution in [2.75, 3.05) is 5.75 Å². The number of nitrogens with zero attached hydrogens (tertiary/aromatic N) is 1. The Morgan fingerprint density at radius 1 is 1.24 bits per heavy atom. The highest BCUT2D eigenvalue weighted by Crippen LogP contribution is 2.32. The summed E-state index contributed by atoms with van der Waals surface area (Å²) >= 11 is 5.26. The van der Waals surface area contributed by atoms with Gasteiger partial charge in [-0.2, -0.15) is 11.8 Å². The number of hydrogen-bond donors (Lipinski definition) is 0. The predicted octanol–water partition coefficient (Wildman–Crippen LogP) is 4.57. The SMILES string of the molecule is O=C(Cc1nc2ccccc2s1)c1cc2c(s1)CCSC2. The van der Waals surface area contributed by atoms with Crippen LogP contribution in [0.1, 0.15) is 25.1 Å². The third-order valence-electron chi connectivity index (χ3n) is 3.55. The van der Waals surface area contributed by atoms with Crippen LogP contribution in [0.2, 0.25) is 0 Å². The largest absolute Gasteiger partial charge is 0.293 e. The lowest BCUT2D eigenvalue weighted by atomic mass is 10.2. The Morgan fingerprint density at radius 2 is 2.14 bits per heavy atom. The van der Waals surface area contributed by atoms with E-state index in [1.165, 1.54) is 16.2 Å². The number of para-hydroxylation sites is 1. The van der Waals surface area contributed by atoms with Gasteiger partial charge in [0, 0.05) is 10.6 Å². The molecule has 1 aromatic carbocycles. The van der Waals surface area contributed by atoms with Crippen molar-refractivity contribution in [3.63, 3.8) is 0 Å². The van der Waals surface area contributed by atoms with Gasteiger partial charge in [-0.1, -0.05) is 12.1 Å². The van der Waals surface area contributed by atoms with Crippen LogP contribution in [0.3, 0.4) is 0 Å². The van der Waals surface area contributed by atoms with E-state index in [1.54, 1.807) is 22.7 Å². The number of thiazole rings is 1. The van der Waals surface area contributed by atoms with Crippen LogP contribution in [0.15, 0.2) is 30.3 Å². The van der Waals surface area contributed by atoms with Gasteiger partial charge in [-0.3, -0.25) is 4.79 Å². The topological polar surface area (TPSA) is 30.0 Å². The van der Waals surface area contributed by atoms with Gasteiger partial charge in [-0.05, 0) is 35.9 Å². The van der Waals surface area contributed by atoms with E-state index in [1.807, 2.05) is 30.0 Å². The molecule has 0 aliphatic carbocycles. The summed E-state index contributed by atoms with van der Waals surface area (Å²) in [5.41, 5.74) is 2.36. The van der Waals surface area contributed by atoms with Crippen LogP contribution in [-0.4, -0.2) is 16.5 Å². The van der Waals surface area contributed by atoms with Crippen molar-refractivity contribution in [2.24, 2.45) is 0 Å². The first kappa shape index (κ1) is 13.5. The number of carbonyl (C=O) groups is 1. The first-order valence-electron chi connectivity index (χ1n) is 6.86. The number of hydrogen-bond acceptors (Lipinski definition) is 5. The second kappa shape index (κ2) is 5.55. The minimum atomic E-state index is 0.207. The Bertz CT molecular complexity index is 761. The van der Waals surface area contributed by atoms with E-state index in [-0.39, 0.29) is 5.78 Å². The molecule has 0 fully saturated rings. The van der Waals surface area contributed by atoms with Crippen LogP contribution >= 0.6 is 34.4 Å². The molecule has 0 amide bonds. The molecule has 0 atom stereocenters. The Labute approximate surface area is 135 Å². The molecule has 0 N–H and O–H groups in total. The number of ketones is 1. The second-order valence-electron chi connectivity index (χ2n) is 5.04. The van der Waals surface area contributed by atoms with E-state index >= 15 is 0 Å². The molecule has 2 aromatic heterocycles. The van der Waals surface area contributed by atoms with Gasteiger partial charge in [-0.25, -0.2) is 4.98 Å². The fourth-order valence-corrected chi connectivity index (χ4v) is 5.78. The normalized spacial score (nSPS) is 14.3. The molecular formula is C16H13NOS3. The summed E-state index contributed by atoms with van der Waals surface area (Å²) in [5, 5.41) is 0.918. The molecular weight excluding hydrogens is 318 g/mol. The Morgan fingerprint density at radius 3 is 3.00 bits per heavy atom. The van der Waals surface area contributed by atoms with Gasteiger partial charge in [0.1, 0.15) is 5.01 Å². The molecule has 1 aliphatic heterocycles. The summed E-state index contributed by atoms with van der Waals surface area (Å²) < 4.78 is 1.15. The van der Waals surface area contributed by atoms with Crippen molar-refractivity contribution in [3.05, 3.63) is 50.7 Å². The van der Waals surface area contributed by atoms with Crippen molar-refractivity contribution in [1.29, 1.82) is 0 Å². The van der Waals surface area contributed by atoms with Crippen LogP contribution in [0.25, 0.3) is 10.2 Å². The van der Waals surface area contributed by atoms with E-state index in [9.17, 15) is 4.79 Å². The highest BCUT2D eigenvalue weighted by atomic mass is 32.2. The Kier molecular flexibility index (Phi) is 3.57. The van der Waals surface area contributed by atoms with Crippen LogP contribution in [0.5, 0.6) is 0 Å². The van der Waals surface area contributed by atoms with Crippen molar-refractivity contribution in [1.82, 2.24) is 4.98 Å². The van der Waals surface area contributed by atoms with E-state index in [4.69, 9.17) is 0 Å². The third kappa shape index (κ3) is 2.65. The third-order valence-corrected chi connectivity index (χ3v) is 6.87. The summed E-state index contributed by atoms with van der Waals surface area (Å²) in [7, 11) is 0. The number of carbonyl (C=O) groups excluding carboxylic acids is 1. The van der Waals surface area contributed by atoms with Crippen molar-refractivity contribution < 1.29 is 4.79 Å². The van der Waals surface area contributed by atoms with Gasteiger partial charge in [0.05, 0.1) is 21.5 Å². The lowest BCUT2D eigenvalue weighted by molar-refractivity contribution is 0.0997. The quantitative estimate of drug-likeness (QED) is 0.658. The van der Waals surface area contributed by atoms with Crippen LogP contribution in [-0.2, 0) is 18.6 Å². The number of aryl methyl sites for hydroxylation is 1. The monoisotopic (exact) mass is 331 g/mol. The minimum absolute atomic E-state index is 0.207. The summed E-state index contributed by atoms with van der Waals surface area (Å²) in [5.74, 6) is 2.44. The molecule has 3 heterocycles. The second-order valence-corrected chi connectivity index (χ2v) is 8.39. The molecule has 0 saturated carbocycles. The first-order chi connectivity index (χ1) is 10.3. The van der Waals surface area contributed by atoms with Gasteiger partial charge < -0.3 is 0 Å². The van der Waals surface area contributed by atoms with Crippen molar-refractivity contribution in [2.45, 2.75) is 18.6 Å². The minimum Gasteiger partial charge on any atom is -0.293 e. The summed E-state index contributed by atoms with van der Waals surface area (Å²) in [4.78, 5) is 19.3. The molecule has 0 spiro atoms. The predicted molar refractivity (Wildman–Crippen MR) is 91.8 cm³/mol. The van der Waals surface area contributed by atoms with Crippen LogP contribution < -0.4 is 0 Å². The fourth-order valence-electron chi connectivity index (χ4n) is 2.50. The molecule has 3 aromatic rings. The van der Waals surface area contributed by atoms with Crippen LogP contribution in [0.4, 0.5) is 0 Å². The number of fused-ring (bicyclic) bond motifs is 2. The number of aromatic nitrogens is 1. The first-order valence-corrected chi connectivity index (χ1v) is 9.65. The average molecular weight is 331 g/mol. The molecule has 1 aliphatic rings. The molecule has 0 saturated heterocycles. The zero-order valence-corrected chi connectivity index (χ0v) is 13.7. The highest BCUT2D eigenvalue weighted by Gasteiger charge is 2.18. The number of benzene rings is 1. The van der Waals surface area contributed by atoms with Crippen LogP contribution in [0, 0.1) is 0 Å². The van der Waals surface area contributed by atoms with E-state index in [0.29, 0.717) is 6.42 Å². The molecule has 4 rings (SSSR count). The molecule has 0 bridgehead atoms. The lowest BCUT2D eigenvalue weighted by Gasteiger charge is -2.08. The maximum absolute atomic E-state index is 12.5. The Balaban J connectivity index is 1.58. The molecule has 106 valence electrons. The summed E-state index contributed by atoms with van der Waals surface area (Å²) in [6.45, 7) is 0. The zero-order valence-electron chi connectivity index (χ0n) is 11.3. The Hall–Kier alpha value is -1.17. The molecule has 5 heteroatoms. The number of Topliss-reactive ketones (excluding diaryl/α,β-unsaturated/α-hetero) is 1. The molecule has 2 nitrogen and oxygen atoms in total. The van der Waals surface area contributed by atoms with E-state index in [2.05, 4.69) is 17.1 Å². The number of thioether (sulfide) groups is 1. The molecule has 21 heavy (non-hydrogen) atoms. The lowest BCUT2D eigenvalue weighted by Crippen LogP contribution is -2.00. The smallest absolute Gasteiger partial charge is 0.179 e. The summed E-state index contributed by atoms with van der Waals surface area (Å²) in [6, 6.07) is 10.2. The number of thiophene rings is 1. The zero-order chi connectivity index (χ0) is 14.2. The van der Waals surface area contributed by atoms with E-state index in [0.717, 1.165) is 32.3 Å². The maximum Gasteiger partial charge on any atom is 0.179 e. The van der Waals surface area contributed by atoms with Gasteiger partial charge in [0.2, 0.25) is 0 Å². The summed E-state index contributed by atoms with van der Waals surface area (Å²) in [6.07, 6.45) is 1.53. The van der Waals surface area contributed by atoms with Gasteiger partial charge in [0.25, 0.3) is 0 Å². The van der Waals surface area contributed by atoms with Crippen molar-refractivity contribution >= 4 is 50.4 Å². The standard InChI is InChI=1S/C16H13NOS3/c18-12(15-7-10-9-19-6-5-13(10)20-15)8-16-17-11-3-1-2-4-14(11)21-16/h1-4,7H,5-6,8-9H2. The average Bonchev–Trinajstić information content (AvgIpc) is 3.10. The number of rotatable bonds is 3. The fraction of sp³-hybridized carbons (Fsp3) is 0.250. The van der Waals surface area contributed by atoms with Gasteiger partial charge in [0.15, 0.2) is 5.78 Å².